The molecule has 7 nitrogen and oxygen atoms in total. The molecule has 2 aromatic carbocycles. The Morgan fingerprint density at radius 2 is 2.00 bits per heavy atom. The highest BCUT2D eigenvalue weighted by Gasteiger charge is 2.25. The molecule has 2 N–H and O–H groups in total. The van der Waals surface area contributed by atoms with Crippen molar-refractivity contribution in [2.45, 2.75) is 38.4 Å². The summed E-state index contributed by atoms with van der Waals surface area (Å²) in [7, 11) is 0. The first kappa shape index (κ1) is 24.1. The summed E-state index contributed by atoms with van der Waals surface area (Å²) >= 11 is 0. The molecule has 1 aliphatic rings. The number of nitrogens with one attached hydrogen (secondary N) is 2. The van der Waals surface area contributed by atoms with E-state index in [-0.39, 0.29) is 24.8 Å². The van der Waals surface area contributed by atoms with Crippen LogP contribution in [0.15, 0.2) is 54.9 Å². The first-order chi connectivity index (χ1) is 13.8. The van der Waals surface area contributed by atoms with Gasteiger partial charge in [-0.25, -0.2) is 4.68 Å². The van der Waals surface area contributed by atoms with Crippen LogP contribution in [0.1, 0.15) is 36.9 Å². The molecule has 0 aliphatic carbocycles. The summed E-state index contributed by atoms with van der Waals surface area (Å²) in [4.78, 5) is 0. The van der Waals surface area contributed by atoms with Gasteiger partial charge < -0.3 is 15.4 Å². The molecule has 1 saturated heterocycles. The molecular formula is C21H28Cl2N6O. The molecule has 9 heteroatoms. The molecule has 0 amide bonds. The van der Waals surface area contributed by atoms with Gasteiger partial charge in [0.1, 0.15) is 12.1 Å². The van der Waals surface area contributed by atoms with Crippen molar-refractivity contribution in [2.24, 2.45) is 0 Å². The van der Waals surface area contributed by atoms with Crippen LogP contribution in [0, 0.1) is 0 Å². The van der Waals surface area contributed by atoms with Crippen LogP contribution in [0.25, 0.3) is 5.69 Å². The summed E-state index contributed by atoms with van der Waals surface area (Å²) < 4.78 is 7.51. The van der Waals surface area contributed by atoms with Gasteiger partial charge in [0.15, 0.2) is 0 Å². The summed E-state index contributed by atoms with van der Waals surface area (Å²) in [5, 5.41) is 18.9. The van der Waals surface area contributed by atoms with Crippen LogP contribution >= 0.6 is 24.8 Å². The minimum Gasteiger partial charge on any atom is -0.494 e. The molecule has 0 radical (unpaired) electrons. The Morgan fingerprint density at radius 3 is 2.73 bits per heavy atom. The lowest BCUT2D eigenvalue weighted by Gasteiger charge is -2.34. The third kappa shape index (κ3) is 5.70. The molecule has 1 fully saturated rings. The zero-order chi connectivity index (χ0) is 19.2. The number of aromatic nitrogens is 4. The number of hydrogen-bond donors (Lipinski definition) is 2. The molecule has 0 bridgehead atoms. The number of piperidine rings is 1. The molecule has 1 aromatic heterocycles. The fourth-order valence-corrected chi connectivity index (χ4v) is 3.78. The summed E-state index contributed by atoms with van der Waals surface area (Å²) in [5.41, 5.74) is 3.35. The van der Waals surface area contributed by atoms with E-state index in [4.69, 9.17) is 4.74 Å². The summed E-state index contributed by atoms with van der Waals surface area (Å²) in [5.74, 6) is 0.895. The van der Waals surface area contributed by atoms with E-state index < -0.39 is 0 Å². The monoisotopic (exact) mass is 450 g/mol. The van der Waals surface area contributed by atoms with Crippen molar-refractivity contribution in [2.75, 3.05) is 13.2 Å². The van der Waals surface area contributed by atoms with Crippen molar-refractivity contribution in [1.29, 1.82) is 0 Å². The van der Waals surface area contributed by atoms with Gasteiger partial charge in [0, 0.05) is 24.2 Å². The molecular weight excluding hydrogens is 423 g/mol. The van der Waals surface area contributed by atoms with Gasteiger partial charge in [-0.15, -0.1) is 29.9 Å². The second kappa shape index (κ2) is 11.9. The Morgan fingerprint density at radius 1 is 1.17 bits per heavy atom. The van der Waals surface area contributed by atoms with Crippen LogP contribution in [0.5, 0.6) is 5.75 Å². The quantitative estimate of drug-likeness (QED) is 0.573. The number of rotatable bonds is 7. The average molecular weight is 451 g/mol. The summed E-state index contributed by atoms with van der Waals surface area (Å²) in [6.07, 6.45) is 3.91. The van der Waals surface area contributed by atoms with Gasteiger partial charge in [0.05, 0.1) is 12.3 Å². The van der Waals surface area contributed by atoms with Gasteiger partial charge in [0.25, 0.3) is 0 Å². The molecule has 0 spiro atoms. The van der Waals surface area contributed by atoms with E-state index >= 15 is 0 Å². The van der Waals surface area contributed by atoms with Crippen LogP contribution in [0.3, 0.4) is 0 Å². The lowest BCUT2D eigenvalue weighted by atomic mass is 9.92. The van der Waals surface area contributed by atoms with E-state index in [1.807, 2.05) is 19.1 Å². The lowest BCUT2D eigenvalue weighted by Crippen LogP contribution is -2.45. The molecule has 0 unspecified atom stereocenters. The minimum atomic E-state index is 0. The molecule has 3 aromatic rings. The van der Waals surface area contributed by atoms with E-state index in [0.29, 0.717) is 18.7 Å². The maximum atomic E-state index is 5.84. The largest absolute Gasteiger partial charge is 0.494 e. The van der Waals surface area contributed by atoms with Crippen molar-refractivity contribution >= 4 is 24.8 Å². The van der Waals surface area contributed by atoms with E-state index in [1.54, 1.807) is 11.0 Å². The maximum Gasteiger partial charge on any atom is 0.143 e. The molecule has 2 heterocycles. The van der Waals surface area contributed by atoms with E-state index in [0.717, 1.165) is 36.5 Å². The zero-order valence-corrected chi connectivity index (χ0v) is 18.5. The number of nitrogens with zero attached hydrogens (tertiary/aromatic N) is 4. The highest BCUT2D eigenvalue weighted by molar-refractivity contribution is 5.85. The molecule has 0 saturated carbocycles. The van der Waals surface area contributed by atoms with Crippen LogP contribution in [0.2, 0.25) is 0 Å². The van der Waals surface area contributed by atoms with Crippen LogP contribution in [0.4, 0.5) is 0 Å². The average Bonchev–Trinajstić information content (AvgIpc) is 3.29. The fourth-order valence-electron chi connectivity index (χ4n) is 3.78. The van der Waals surface area contributed by atoms with Gasteiger partial charge >= 0.3 is 0 Å². The van der Waals surface area contributed by atoms with Crippen molar-refractivity contribution in [3.05, 3.63) is 66.0 Å². The minimum absolute atomic E-state index is 0. The Kier molecular flexibility index (Phi) is 9.52. The maximum absolute atomic E-state index is 5.84. The summed E-state index contributed by atoms with van der Waals surface area (Å²) in [6.45, 7) is 4.41. The molecule has 162 valence electrons. The normalized spacial score (nSPS) is 18.2. The number of ether oxygens (including phenoxy) is 1. The third-order valence-corrected chi connectivity index (χ3v) is 5.13. The molecule has 1 aliphatic heterocycles. The Labute approximate surface area is 189 Å². The summed E-state index contributed by atoms with van der Waals surface area (Å²) in [6, 6.07) is 17.4. The second-order valence-corrected chi connectivity index (χ2v) is 6.95. The van der Waals surface area contributed by atoms with Crippen LogP contribution in [-0.4, -0.2) is 39.4 Å². The highest BCUT2D eigenvalue weighted by atomic mass is 35.5. The first-order valence-corrected chi connectivity index (χ1v) is 9.86. The van der Waals surface area contributed by atoms with Gasteiger partial charge in [-0.1, -0.05) is 30.3 Å². The van der Waals surface area contributed by atoms with Crippen molar-refractivity contribution < 1.29 is 4.74 Å². The Hall–Kier alpha value is -2.19. The van der Waals surface area contributed by atoms with Gasteiger partial charge in [-0.3, -0.25) is 0 Å². The van der Waals surface area contributed by atoms with Crippen LogP contribution < -0.4 is 15.4 Å². The van der Waals surface area contributed by atoms with E-state index in [2.05, 4.69) is 62.6 Å². The topological polar surface area (TPSA) is 76.9 Å². The molecule has 2 atom stereocenters. The van der Waals surface area contributed by atoms with Crippen molar-refractivity contribution in [3.63, 3.8) is 0 Å². The van der Waals surface area contributed by atoms with Crippen molar-refractivity contribution in [3.8, 4) is 11.4 Å². The third-order valence-electron chi connectivity index (χ3n) is 5.13. The SMILES string of the molecule is CCOc1ccc(-n2cnnn2)cc1CN[C@H]1CCCN[C@@H]1c1ccccc1.Cl.Cl. The van der Waals surface area contributed by atoms with Gasteiger partial charge in [-0.2, -0.15) is 0 Å². The lowest BCUT2D eigenvalue weighted by molar-refractivity contribution is 0.299. The van der Waals surface area contributed by atoms with Gasteiger partial charge in [0.2, 0.25) is 0 Å². The predicted octanol–water partition coefficient (Wildman–Crippen LogP) is 3.49. The predicted molar refractivity (Wildman–Crippen MR) is 122 cm³/mol. The highest BCUT2D eigenvalue weighted by Crippen LogP contribution is 2.26. The zero-order valence-electron chi connectivity index (χ0n) is 16.9. The standard InChI is InChI=1S/C21H26N6O.2ClH/c1-2-28-20-11-10-18(27-15-24-25-26-27)13-17(20)14-23-19-9-6-12-22-21(19)16-7-4-3-5-8-16;;/h3-5,7-8,10-11,13,15,19,21-23H,2,6,9,12,14H2,1H3;2*1H/t19-,21+;;/m0../s1. The molecule has 4 rings (SSSR count). The van der Waals surface area contributed by atoms with Crippen molar-refractivity contribution in [1.82, 2.24) is 30.8 Å². The fraction of sp³-hybridized carbons (Fsp3) is 0.381. The van der Waals surface area contributed by atoms with Gasteiger partial charge in [-0.05, 0) is 60.5 Å². The second-order valence-electron chi connectivity index (χ2n) is 6.95. The number of hydrogen-bond acceptors (Lipinski definition) is 6. The molecule has 30 heavy (non-hydrogen) atoms. The number of tetrazole rings is 1. The first-order valence-electron chi connectivity index (χ1n) is 9.86. The number of halogens is 2. The Balaban J connectivity index is 0.00000160. The van der Waals surface area contributed by atoms with E-state index in [9.17, 15) is 0 Å². The number of benzene rings is 2. The smallest absolute Gasteiger partial charge is 0.143 e. The Bertz CT molecular complexity index is 878. The van der Waals surface area contributed by atoms with E-state index in [1.165, 1.54) is 12.0 Å². The van der Waals surface area contributed by atoms with Crippen LogP contribution in [-0.2, 0) is 6.54 Å².